The van der Waals surface area contributed by atoms with E-state index in [2.05, 4.69) is 52.2 Å². The smallest absolute Gasteiger partial charge is 0.220 e. The van der Waals surface area contributed by atoms with Crippen molar-refractivity contribution in [3.63, 3.8) is 0 Å². The first-order chi connectivity index (χ1) is 33.3. The second-order valence-electron chi connectivity index (χ2n) is 27.3. The molecule has 0 saturated heterocycles. The number of amides is 2. The van der Waals surface area contributed by atoms with Crippen molar-refractivity contribution in [1.29, 1.82) is 0 Å². The maximum absolute atomic E-state index is 12.9. The summed E-state index contributed by atoms with van der Waals surface area (Å²) in [5.41, 5.74) is -0.283. The Morgan fingerprint density at radius 1 is 0.471 bits per heavy atom. The number of hydrogen-bond donors (Lipinski definition) is 8. The zero-order chi connectivity index (χ0) is 50.2. The van der Waals surface area contributed by atoms with Crippen molar-refractivity contribution in [2.75, 3.05) is 13.1 Å². The van der Waals surface area contributed by atoms with Gasteiger partial charge < -0.3 is 41.3 Å². The van der Waals surface area contributed by atoms with Gasteiger partial charge in [-0.3, -0.25) is 9.59 Å². The van der Waals surface area contributed by atoms with Crippen LogP contribution in [0.1, 0.15) is 221 Å². The second kappa shape index (κ2) is 22.9. The van der Waals surface area contributed by atoms with Gasteiger partial charge >= 0.3 is 0 Å². The fourth-order valence-electron chi connectivity index (χ4n) is 19.7. The standard InChI is InChI=1S/C60H104N2O8/c1-37(43-19-21-45-55-47(35-51(67)59(43,45)5)57(3)27-25-41(63)31-39(57)33-49(55)65)17-23-53(69)61-29-15-13-11-9-7-8-10-12-14-16-30-62-54(70)24-18-38(2)44-20-22-46-56-48(36-52(68)60(44,46)6)58(4)28-26-42(64)32-40(58)34-50(56)66/h37-52,55-56,63-68H,7-36H2,1-6H3,(H,61,69)(H,62,70)/t37-,38-,39+,40+,41-,42-,43-,44-,45+,46+,47+,48+,49-,50-,51+,52+,55+,56+,57+,58+,59-,60-/m1/s1. The lowest BCUT2D eigenvalue weighted by atomic mass is 9.43. The summed E-state index contributed by atoms with van der Waals surface area (Å²) < 4.78 is 0. The minimum atomic E-state index is -0.389. The molecule has 10 nitrogen and oxygen atoms in total. The summed E-state index contributed by atoms with van der Waals surface area (Å²) in [6, 6.07) is 0. The molecule has 8 N–H and O–H groups in total. The molecule has 0 heterocycles. The lowest BCUT2D eigenvalue weighted by Crippen LogP contribution is -2.62. The van der Waals surface area contributed by atoms with Crippen LogP contribution in [-0.2, 0) is 9.59 Å². The zero-order valence-electron chi connectivity index (χ0n) is 45.1. The Balaban J connectivity index is 0.627. The van der Waals surface area contributed by atoms with Crippen molar-refractivity contribution in [2.45, 2.75) is 258 Å². The summed E-state index contributed by atoms with van der Waals surface area (Å²) in [6.45, 7) is 15.4. The van der Waals surface area contributed by atoms with Crippen LogP contribution in [0.4, 0.5) is 0 Å². The fraction of sp³-hybridized carbons (Fsp3) is 0.967. The molecule has 8 saturated carbocycles. The Morgan fingerprint density at radius 2 is 0.829 bits per heavy atom. The predicted octanol–water partition coefficient (Wildman–Crippen LogP) is 9.88. The summed E-state index contributed by atoms with van der Waals surface area (Å²) in [5, 5.41) is 74.3. The molecule has 8 rings (SSSR count). The molecule has 0 aromatic carbocycles. The lowest BCUT2D eigenvalue weighted by Gasteiger charge is -2.63. The van der Waals surface area contributed by atoms with Crippen LogP contribution < -0.4 is 10.6 Å². The highest BCUT2D eigenvalue weighted by Gasteiger charge is 2.67. The maximum Gasteiger partial charge on any atom is 0.220 e. The Kier molecular flexibility index (Phi) is 18.0. The van der Waals surface area contributed by atoms with Crippen LogP contribution in [0.3, 0.4) is 0 Å². The van der Waals surface area contributed by atoms with E-state index in [1.54, 1.807) is 0 Å². The van der Waals surface area contributed by atoms with E-state index in [4.69, 9.17) is 0 Å². The molecule has 10 heteroatoms. The molecule has 8 fully saturated rings. The Bertz CT molecular complexity index is 1610. The van der Waals surface area contributed by atoms with Gasteiger partial charge in [0.05, 0.1) is 36.6 Å². The van der Waals surface area contributed by atoms with Crippen LogP contribution in [0.15, 0.2) is 0 Å². The van der Waals surface area contributed by atoms with Crippen LogP contribution in [0.5, 0.6) is 0 Å². The Labute approximate surface area is 424 Å². The van der Waals surface area contributed by atoms with Crippen LogP contribution in [-0.4, -0.2) is 92.2 Å². The molecule has 70 heavy (non-hydrogen) atoms. The monoisotopic (exact) mass is 981 g/mol. The largest absolute Gasteiger partial charge is 0.393 e. The van der Waals surface area contributed by atoms with Gasteiger partial charge in [0.15, 0.2) is 0 Å². The topological polar surface area (TPSA) is 180 Å². The van der Waals surface area contributed by atoms with E-state index in [1.165, 1.54) is 38.5 Å². The number of hydrogen-bond acceptors (Lipinski definition) is 8. The zero-order valence-corrected chi connectivity index (χ0v) is 45.1. The van der Waals surface area contributed by atoms with Gasteiger partial charge in [-0.05, 0) is 208 Å². The van der Waals surface area contributed by atoms with Gasteiger partial charge in [0, 0.05) is 25.9 Å². The first-order valence-corrected chi connectivity index (χ1v) is 30.0. The molecule has 0 aromatic heterocycles. The van der Waals surface area contributed by atoms with Gasteiger partial charge in [0.2, 0.25) is 11.8 Å². The number of fused-ring (bicyclic) bond motifs is 10. The normalized spacial score (nSPS) is 46.1. The van der Waals surface area contributed by atoms with Crippen molar-refractivity contribution in [1.82, 2.24) is 10.6 Å². The van der Waals surface area contributed by atoms with E-state index >= 15 is 0 Å². The van der Waals surface area contributed by atoms with Crippen LogP contribution in [0.25, 0.3) is 0 Å². The number of nitrogens with one attached hydrogen (secondary N) is 2. The molecule has 8 aliphatic rings. The van der Waals surface area contributed by atoms with E-state index in [-0.39, 0.29) is 81.9 Å². The summed E-state index contributed by atoms with van der Waals surface area (Å²) in [4.78, 5) is 25.9. The van der Waals surface area contributed by atoms with Gasteiger partial charge in [0.25, 0.3) is 0 Å². The average Bonchev–Trinajstić information content (AvgIpc) is 3.87. The molecular formula is C60H104N2O8. The third kappa shape index (κ3) is 10.7. The maximum atomic E-state index is 12.9. The second-order valence-corrected chi connectivity index (χ2v) is 27.3. The molecule has 402 valence electrons. The fourth-order valence-corrected chi connectivity index (χ4v) is 19.7. The van der Waals surface area contributed by atoms with Gasteiger partial charge in [-0.1, -0.05) is 92.9 Å². The van der Waals surface area contributed by atoms with E-state index < -0.39 is 0 Å². The van der Waals surface area contributed by atoms with Gasteiger partial charge in [0.1, 0.15) is 0 Å². The molecule has 0 aliphatic heterocycles. The molecule has 0 aromatic rings. The van der Waals surface area contributed by atoms with Crippen molar-refractivity contribution < 1.29 is 40.2 Å². The van der Waals surface area contributed by atoms with Crippen molar-refractivity contribution in [2.24, 2.45) is 92.7 Å². The molecule has 2 amide bonds. The third-order valence-corrected chi connectivity index (χ3v) is 23.9. The van der Waals surface area contributed by atoms with Crippen molar-refractivity contribution in [3.8, 4) is 0 Å². The van der Waals surface area contributed by atoms with E-state index in [0.29, 0.717) is 72.0 Å². The Morgan fingerprint density at radius 3 is 1.20 bits per heavy atom. The van der Waals surface area contributed by atoms with Crippen molar-refractivity contribution >= 4 is 11.8 Å². The number of aliphatic hydroxyl groups excluding tert-OH is 6. The van der Waals surface area contributed by atoms with Crippen LogP contribution in [0.2, 0.25) is 0 Å². The van der Waals surface area contributed by atoms with E-state index in [1.807, 2.05) is 0 Å². The minimum absolute atomic E-state index is 0.0848. The average molecular weight is 981 g/mol. The van der Waals surface area contributed by atoms with Gasteiger partial charge in [-0.25, -0.2) is 0 Å². The number of carbonyl (C=O) groups excluding carboxylic acids is 2. The molecule has 8 aliphatic carbocycles. The van der Waals surface area contributed by atoms with Gasteiger partial charge in [-0.15, -0.1) is 0 Å². The summed E-state index contributed by atoms with van der Waals surface area (Å²) in [7, 11) is 0. The number of aliphatic hydroxyl groups is 6. The summed E-state index contributed by atoms with van der Waals surface area (Å²) in [5.74, 6) is 4.04. The summed E-state index contributed by atoms with van der Waals surface area (Å²) >= 11 is 0. The minimum Gasteiger partial charge on any atom is -0.393 e. The van der Waals surface area contributed by atoms with E-state index in [0.717, 1.165) is 142 Å². The molecule has 0 bridgehead atoms. The number of rotatable bonds is 21. The molecular weight excluding hydrogens is 877 g/mol. The van der Waals surface area contributed by atoms with E-state index in [9.17, 15) is 40.2 Å². The first kappa shape index (κ1) is 54.9. The van der Waals surface area contributed by atoms with Crippen molar-refractivity contribution in [3.05, 3.63) is 0 Å². The number of unbranched alkanes of at least 4 members (excludes halogenated alkanes) is 9. The van der Waals surface area contributed by atoms with Gasteiger partial charge in [-0.2, -0.15) is 0 Å². The molecule has 22 atom stereocenters. The molecule has 0 spiro atoms. The summed E-state index contributed by atoms with van der Waals surface area (Å²) in [6.07, 6.45) is 25.0. The lowest BCUT2D eigenvalue weighted by molar-refractivity contribution is -0.207. The molecule has 0 unspecified atom stereocenters. The highest BCUT2D eigenvalue weighted by atomic mass is 16.3. The highest BCUT2D eigenvalue weighted by molar-refractivity contribution is 5.76. The SMILES string of the molecule is C[C@H](CCC(=O)NCCCCCCCCCCCCNC(=O)CC[C@@H](C)[C@H]1CC[C@H]2[C@@H]3[C@H](O)C[C@@H]4C[C@H](O)CC[C@]4(C)[C@H]3C[C@H](O)[C@]12C)[C@H]1CC[C@H]2[C@@H]3[C@H](O)C[C@@H]4C[C@H](O)CC[C@]4(C)[C@H]3C[C@H](O)[C@]12C. The van der Waals surface area contributed by atoms with Crippen LogP contribution >= 0.6 is 0 Å². The quantitative estimate of drug-likeness (QED) is 0.0524. The Hall–Kier alpha value is -1.30. The molecule has 0 radical (unpaired) electrons. The highest BCUT2D eigenvalue weighted by Crippen LogP contribution is 2.70. The number of carbonyl (C=O) groups is 2. The third-order valence-electron chi connectivity index (χ3n) is 23.9. The van der Waals surface area contributed by atoms with Crippen LogP contribution in [0, 0.1) is 92.7 Å². The first-order valence-electron chi connectivity index (χ1n) is 30.0. The predicted molar refractivity (Wildman–Crippen MR) is 277 cm³/mol.